The number of aromatic nitrogens is 2. The molecule has 1 aliphatic heterocycles. The maximum Gasteiger partial charge on any atom is 0.172 e. The number of hydrogen-bond acceptors (Lipinski definition) is 5. The van der Waals surface area contributed by atoms with Crippen molar-refractivity contribution in [1.82, 2.24) is 9.97 Å². The van der Waals surface area contributed by atoms with Gasteiger partial charge in [0.2, 0.25) is 0 Å². The Morgan fingerprint density at radius 1 is 1.25 bits per heavy atom. The molecule has 3 aromatic rings. The number of para-hydroxylation sites is 1. The number of nitrogens with zero attached hydrogens (tertiary/aromatic N) is 3. The van der Waals surface area contributed by atoms with E-state index in [1.165, 1.54) is 0 Å². The van der Waals surface area contributed by atoms with E-state index >= 15 is 0 Å². The van der Waals surface area contributed by atoms with Crippen LogP contribution in [0.15, 0.2) is 54.4 Å². The van der Waals surface area contributed by atoms with Crippen molar-refractivity contribution < 1.29 is 4.74 Å². The molecule has 1 unspecified atom stereocenters. The summed E-state index contributed by atoms with van der Waals surface area (Å²) in [5, 5.41) is 3.16. The van der Waals surface area contributed by atoms with Gasteiger partial charge in [0.15, 0.2) is 5.82 Å². The minimum Gasteiger partial charge on any atom is -0.372 e. The molecule has 0 radical (unpaired) electrons. The highest BCUT2D eigenvalue weighted by atomic mass is 32.1. The fourth-order valence-electron chi connectivity index (χ4n) is 3.08. The summed E-state index contributed by atoms with van der Waals surface area (Å²) in [5.41, 5.74) is 0.987. The van der Waals surface area contributed by atoms with Crippen molar-refractivity contribution in [2.45, 2.75) is 12.5 Å². The molecule has 3 heterocycles. The normalized spacial score (nSPS) is 17.5. The van der Waals surface area contributed by atoms with Gasteiger partial charge in [-0.2, -0.15) is 0 Å². The topological polar surface area (TPSA) is 38.2 Å². The lowest BCUT2D eigenvalue weighted by atomic mass is 10.2. The third-order valence-corrected chi connectivity index (χ3v) is 5.08. The van der Waals surface area contributed by atoms with Crippen LogP contribution in [0.3, 0.4) is 0 Å². The lowest BCUT2D eigenvalue weighted by molar-refractivity contribution is 0.0909. The number of ether oxygens (including phenoxy) is 1. The standard InChI is InChI=1S/C19H19N3OS/c1-2-11-23-14-9-10-22(13-14)19-15-6-3-4-7-16(15)20-18(21-19)17-8-5-12-24-17/h2-8,12,14H,1,9-11,13H2. The SMILES string of the molecule is C=CCOC1CCN(c2nc(-c3cccs3)nc3ccccc23)C1. The number of hydrogen-bond donors (Lipinski definition) is 0. The van der Waals surface area contributed by atoms with Gasteiger partial charge in [-0.15, -0.1) is 17.9 Å². The Hall–Kier alpha value is -2.24. The lowest BCUT2D eigenvalue weighted by Gasteiger charge is -2.20. The Kier molecular flexibility index (Phi) is 4.28. The van der Waals surface area contributed by atoms with E-state index in [4.69, 9.17) is 14.7 Å². The van der Waals surface area contributed by atoms with Crippen molar-refractivity contribution in [3.8, 4) is 10.7 Å². The molecule has 1 fully saturated rings. The van der Waals surface area contributed by atoms with Gasteiger partial charge in [0.25, 0.3) is 0 Å². The van der Waals surface area contributed by atoms with Crippen LogP contribution in [-0.2, 0) is 4.74 Å². The lowest BCUT2D eigenvalue weighted by Crippen LogP contribution is -2.24. The van der Waals surface area contributed by atoms with Crippen LogP contribution < -0.4 is 4.90 Å². The second-order valence-corrected chi connectivity index (χ2v) is 6.79. The molecule has 4 rings (SSSR count). The molecular weight excluding hydrogens is 318 g/mol. The van der Waals surface area contributed by atoms with Crippen LogP contribution >= 0.6 is 11.3 Å². The van der Waals surface area contributed by atoms with Crippen LogP contribution in [0.25, 0.3) is 21.6 Å². The van der Waals surface area contributed by atoms with E-state index in [-0.39, 0.29) is 6.10 Å². The summed E-state index contributed by atoms with van der Waals surface area (Å²) in [7, 11) is 0. The molecule has 4 nitrogen and oxygen atoms in total. The first-order valence-electron chi connectivity index (χ1n) is 8.13. The van der Waals surface area contributed by atoms with Gasteiger partial charge in [0, 0.05) is 18.5 Å². The van der Waals surface area contributed by atoms with Crippen molar-refractivity contribution in [2.75, 3.05) is 24.6 Å². The summed E-state index contributed by atoms with van der Waals surface area (Å²) in [6, 6.07) is 12.3. The largest absolute Gasteiger partial charge is 0.372 e. The zero-order valence-corrected chi connectivity index (χ0v) is 14.2. The fraction of sp³-hybridized carbons (Fsp3) is 0.263. The Morgan fingerprint density at radius 3 is 3.00 bits per heavy atom. The molecule has 5 heteroatoms. The average molecular weight is 337 g/mol. The number of thiophene rings is 1. The molecule has 0 spiro atoms. The van der Waals surface area contributed by atoms with E-state index in [2.05, 4.69) is 35.1 Å². The molecule has 1 saturated heterocycles. The van der Waals surface area contributed by atoms with Crippen molar-refractivity contribution in [2.24, 2.45) is 0 Å². The van der Waals surface area contributed by atoms with E-state index < -0.39 is 0 Å². The summed E-state index contributed by atoms with van der Waals surface area (Å²) in [4.78, 5) is 13.0. The molecule has 2 aromatic heterocycles. The summed E-state index contributed by atoms with van der Waals surface area (Å²) in [6.45, 7) is 6.13. The highest BCUT2D eigenvalue weighted by Crippen LogP contribution is 2.31. The van der Waals surface area contributed by atoms with Gasteiger partial charge < -0.3 is 9.64 Å². The quantitative estimate of drug-likeness (QED) is 0.656. The smallest absolute Gasteiger partial charge is 0.172 e. The maximum atomic E-state index is 5.82. The van der Waals surface area contributed by atoms with Gasteiger partial charge in [-0.1, -0.05) is 24.3 Å². The molecule has 1 aromatic carbocycles. The summed E-state index contributed by atoms with van der Waals surface area (Å²) >= 11 is 1.67. The average Bonchev–Trinajstić information content (AvgIpc) is 3.31. The molecular formula is C19H19N3OS. The molecule has 0 aliphatic carbocycles. The second kappa shape index (κ2) is 6.71. The van der Waals surface area contributed by atoms with Crippen LogP contribution in [0.4, 0.5) is 5.82 Å². The van der Waals surface area contributed by atoms with Crippen LogP contribution in [-0.4, -0.2) is 35.8 Å². The van der Waals surface area contributed by atoms with E-state index in [1.54, 1.807) is 17.4 Å². The van der Waals surface area contributed by atoms with Gasteiger partial charge in [-0.3, -0.25) is 0 Å². The molecule has 0 N–H and O–H groups in total. The van der Waals surface area contributed by atoms with Gasteiger partial charge >= 0.3 is 0 Å². The summed E-state index contributed by atoms with van der Waals surface area (Å²) < 4.78 is 5.82. The zero-order valence-electron chi connectivity index (χ0n) is 13.4. The second-order valence-electron chi connectivity index (χ2n) is 5.84. The Morgan fingerprint density at radius 2 is 2.17 bits per heavy atom. The maximum absolute atomic E-state index is 5.82. The highest BCUT2D eigenvalue weighted by molar-refractivity contribution is 7.13. The third kappa shape index (κ3) is 2.92. The first-order chi connectivity index (χ1) is 11.8. The van der Waals surface area contributed by atoms with Crippen molar-refractivity contribution in [1.29, 1.82) is 0 Å². The van der Waals surface area contributed by atoms with Crippen LogP contribution in [0.1, 0.15) is 6.42 Å². The molecule has 122 valence electrons. The van der Waals surface area contributed by atoms with Gasteiger partial charge in [-0.05, 0) is 30.0 Å². The zero-order chi connectivity index (χ0) is 16.4. The van der Waals surface area contributed by atoms with E-state index in [1.807, 2.05) is 18.2 Å². The molecule has 0 saturated carbocycles. The number of fused-ring (bicyclic) bond motifs is 1. The van der Waals surface area contributed by atoms with Crippen molar-refractivity contribution >= 4 is 28.1 Å². The Labute approximate surface area is 145 Å². The van der Waals surface area contributed by atoms with E-state index in [0.29, 0.717) is 6.61 Å². The molecule has 1 aliphatic rings. The van der Waals surface area contributed by atoms with Crippen molar-refractivity contribution in [3.63, 3.8) is 0 Å². The Balaban J connectivity index is 1.72. The van der Waals surface area contributed by atoms with Crippen molar-refractivity contribution in [3.05, 3.63) is 54.4 Å². The molecule has 24 heavy (non-hydrogen) atoms. The highest BCUT2D eigenvalue weighted by Gasteiger charge is 2.26. The predicted molar refractivity (Wildman–Crippen MR) is 99.6 cm³/mol. The predicted octanol–water partition coefficient (Wildman–Crippen LogP) is 4.14. The summed E-state index contributed by atoms with van der Waals surface area (Å²) in [6.07, 6.45) is 3.06. The van der Waals surface area contributed by atoms with Crippen LogP contribution in [0.2, 0.25) is 0 Å². The first kappa shape index (κ1) is 15.3. The molecule has 0 bridgehead atoms. The van der Waals surface area contributed by atoms with E-state index in [0.717, 1.165) is 46.9 Å². The van der Waals surface area contributed by atoms with E-state index in [9.17, 15) is 0 Å². The number of anilines is 1. The van der Waals surface area contributed by atoms with Gasteiger partial charge in [0.1, 0.15) is 5.82 Å². The minimum absolute atomic E-state index is 0.238. The van der Waals surface area contributed by atoms with Gasteiger partial charge in [-0.25, -0.2) is 9.97 Å². The molecule has 0 amide bonds. The monoisotopic (exact) mass is 337 g/mol. The van der Waals surface area contributed by atoms with Crippen LogP contribution in [0, 0.1) is 0 Å². The van der Waals surface area contributed by atoms with Gasteiger partial charge in [0.05, 0.1) is 23.1 Å². The van der Waals surface area contributed by atoms with Crippen LogP contribution in [0.5, 0.6) is 0 Å². The number of benzene rings is 1. The minimum atomic E-state index is 0.238. The number of rotatable bonds is 5. The third-order valence-electron chi connectivity index (χ3n) is 4.22. The first-order valence-corrected chi connectivity index (χ1v) is 9.01. The summed E-state index contributed by atoms with van der Waals surface area (Å²) in [5.74, 6) is 1.81. The fourth-order valence-corrected chi connectivity index (χ4v) is 3.74. The molecule has 1 atom stereocenters. The Bertz CT molecular complexity index is 847.